The second kappa shape index (κ2) is 5.66. The molecule has 0 unspecified atom stereocenters. The van der Waals surface area contributed by atoms with Gasteiger partial charge in [0.2, 0.25) is 0 Å². The van der Waals surface area contributed by atoms with Crippen LogP contribution in [0.1, 0.15) is 16.1 Å². The smallest absolute Gasteiger partial charge is 0.358 e. The van der Waals surface area contributed by atoms with Gasteiger partial charge in [-0.05, 0) is 29.8 Å². The highest BCUT2D eigenvalue weighted by Gasteiger charge is 2.10. The molecular formula is C16H11FN2O2. The molecule has 0 fully saturated rings. The van der Waals surface area contributed by atoms with Crippen molar-refractivity contribution in [2.24, 2.45) is 0 Å². The predicted molar refractivity (Wildman–Crippen MR) is 75.1 cm³/mol. The number of carbonyl (C=O) groups is 1. The van der Waals surface area contributed by atoms with Crippen LogP contribution in [0, 0.1) is 5.82 Å². The Labute approximate surface area is 120 Å². The van der Waals surface area contributed by atoms with E-state index < -0.39 is 5.97 Å². The fraction of sp³-hybridized carbons (Fsp3) is 0.0625. The molecule has 4 nitrogen and oxygen atoms in total. The van der Waals surface area contributed by atoms with Crippen molar-refractivity contribution in [3.8, 4) is 0 Å². The first-order chi connectivity index (χ1) is 10.2. The number of ether oxygens (including phenoxy) is 1. The Morgan fingerprint density at radius 2 is 1.76 bits per heavy atom. The summed E-state index contributed by atoms with van der Waals surface area (Å²) in [6, 6.07) is 13.0. The molecule has 0 N–H and O–H groups in total. The van der Waals surface area contributed by atoms with Crippen LogP contribution < -0.4 is 0 Å². The first-order valence-electron chi connectivity index (χ1n) is 6.36. The van der Waals surface area contributed by atoms with Gasteiger partial charge in [-0.1, -0.05) is 24.3 Å². The first-order valence-corrected chi connectivity index (χ1v) is 6.36. The van der Waals surface area contributed by atoms with E-state index in [0.29, 0.717) is 16.6 Å². The summed E-state index contributed by atoms with van der Waals surface area (Å²) in [7, 11) is 0. The fourth-order valence-corrected chi connectivity index (χ4v) is 1.86. The number of rotatable bonds is 3. The van der Waals surface area contributed by atoms with Crippen molar-refractivity contribution in [3.05, 3.63) is 71.8 Å². The Morgan fingerprint density at radius 3 is 2.52 bits per heavy atom. The van der Waals surface area contributed by atoms with E-state index in [1.54, 1.807) is 18.2 Å². The van der Waals surface area contributed by atoms with Gasteiger partial charge in [0, 0.05) is 0 Å². The summed E-state index contributed by atoms with van der Waals surface area (Å²) < 4.78 is 17.9. The van der Waals surface area contributed by atoms with Crippen LogP contribution in [0.2, 0.25) is 0 Å². The fourth-order valence-electron chi connectivity index (χ4n) is 1.86. The topological polar surface area (TPSA) is 52.1 Å². The van der Waals surface area contributed by atoms with Crippen LogP contribution in [0.15, 0.2) is 54.7 Å². The van der Waals surface area contributed by atoms with Crippen LogP contribution in [-0.2, 0) is 11.3 Å². The SMILES string of the molecule is O=C(OCc1ccc(F)cc1)c1cnc2ccccc2n1. The lowest BCUT2D eigenvalue weighted by atomic mass is 10.2. The van der Waals surface area contributed by atoms with Crippen LogP contribution in [-0.4, -0.2) is 15.9 Å². The lowest BCUT2D eigenvalue weighted by Crippen LogP contribution is -2.08. The van der Waals surface area contributed by atoms with Gasteiger partial charge in [-0.2, -0.15) is 0 Å². The van der Waals surface area contributed by atoms with Crippen molar-refractivity contribution in [2.45, 2.75) is 6.61 Å². The van der Waals surface area contributed by atoms with Gasteiger partial charge in [0.15, 0.2) is 5.69 Å². The van der Waals surface area contributed by atoms with E-state index in [9.17, 15) is 9.18 Å². The molecule has 0 aliphatic rings. The molecule has 3 rings (SSSR count). The summed E-state index contributed by atoms with van der Waals surface area (Å²) in [4.78, 5) is 20.3. The summed E-state index contributed by atoms with van der Waals surface area (Å²) >= 11 is 0. The minimum absolute atomic E-state index is 0.0631. The first kappa shape index (κ1) is 13.2. The van der Waals surface area contributed by atoms with Gasteiger partial charge in [0.05, 0.1) is 17.2 Å². The van der Waals surface area contributed by atoms with Crippen molar-refractivity contribution in [1.29, 1.82) is 0 Å². The lowest BCUT2D eigenvalue weighted by Gasteiger charge is -2.05. The Bertz CT molecular complexity index is 788. The number of esters is 1. The number of hydrogen-bond acceptors (Lipinski definition) is 4. The molecule has 1 aromatic heterocycles. The van der Waals surface area contributed by atoms with Gasteiger partial charge in [0.1, 0.15) is 12.4 Å². The monoisotopic (exact) mass is 282 g/mol. The van der Waals surface area contributed by atoms with E-state index in [-0.39, 0.29) is 18.1 Å². The van der Waals surface area contributed by atoms with Gasteiger partial charge in [-0.15, -0.1) is 0 Å². The minimum Gasteiger partial charge on any atom is -0.456 e. The Morgan fingerprint density at radius 1 is 1.05 bits per heavy atom. The number of halogens is 1. The molecule has 5 heteroatoms. The average Bonchev–Trinajstić information content (AvgIpc) is 2.53. The molecule has 0 amide bonds. The number of hydrogen-bond donors (Lipinski definition) is 0. The van der Waals surface area contributed by atoms with Crippen molar-refractivity contribution < 1.29 is 13.9 Å². The van der Waals surface area contributed by atoms with E-state index in [4.69, 9.17) is 4.74 Å². The molecule has 0 spiro atoms. The quantitative estimate of drug-likeness (QED) is 0.692. The summed E-state index contributed by atoms with van der Waals surface area (Å²) in [5, 5.41) is 0. The molecule has 0 bridgehead atoms. The zero-order valence-electron chi connectivity index (χ0n) is 11.0. The average molecular weight is 282 g/mol. The summed E-state index contributed by atoms with van der Waals surface area (Å²) in [5.74, 6) is -0.886. The van der Waals surface area contributed by atoms with E-state index in [1.807, 2.05) is 18.2 Å². The summed E-state index contributed by atoms with van der Waals surface area (Å²) in [6.45, 7) is 0.0631. The van der Waals surface area contributed by atoms with Gasteiger partial charge in [-0.3, -0.25) is 4.98 Å². The van der Waals surface area contributed by atoms with E-state index in [0.717, 1.165) is 0 Å². The number of para-hydroxylation sites is 2. The van der Waals surface area contributed by atoms with Crippen LogP contribution in [0.25, 0.3) is 11.0 Å². The van der Waals surface area contributed by atoms with Crippen LogP contribution in [0.3, 0.4) is 0 Å². The lowest BCUT2D eigenvalue weighted by molar-refractivity contribution is 0.0465. The number of aromatic nitrogens is 2. The number of carbonyl (C=O) groups excluding carboxylic acids is 1. The maximum atomic E-state index is 12.8. The van der Waals surface area contributed by atoms with Crippen LogP contribution in [0.5, 0.6) is 0 Å². The molecule has 0 saturated heterocycles. The molecule has 0 atom stereocenters. The molecule has 104 valence electrons. The van der Waals surface area contributed by atoms with Gasteiger partial charge < -0.3 is 4.74 Å². The third kappa shape index (κ3) is 3.02. The standard InChI is InChI=1S/C16H11FN2O2/c17-12-7-5-11(6-8-12)10-21-16(20)15-9-18-13-3-1-2-4-14(13)19-15/h1-9H,10H2. The molecule has 21 heavy (non-hydrogen) atoms. The second-order valence-corrected chi connectivity index (χ2v) is 4.45. The highest BCUT2D eigenvalue weighted by molar-refractivity contribution is 5.89. The third-order valence-corrected chi connectivity index (χ3v) is 2.94. The Kier molecular flexibility index (Phi) is 3.55. The second-order valence-electron chi connectivity index (χ2n) is 4.45. The Hall–Kier alpha value is -2.82. The van der Waals surface area contributed by atoms with Gasteiger partial charge in [0.25, 0.3) is 0 Å². The van der Waals surface area contributed by atoms with Crippen molar-refractivity contribution in [1.82, 2.24) is 9.97 Å². The molecule has 0 aliphatic heterocycles. The largest absolute Gasteiger partial charge is 0.456 e. The van der Waals surface area contributed by atoms with Gasteiger partial charge >= 0.3 is 5.97 Å². The molecule has 0 radical (unpaired) electrons. The van der Waals surface area contributed by atoms with E-state index in [2.05, 4.69) is 9.97 Å². The maximum Gasteiger partial charge on any atom is 0.358 e. The zero-order valence-corrected chi connectivity index (χ0v) is 11.0. The molecule has 1 heterocycles. The molecule has 3 aromatic rings. The zero-order chi connectivity index (χ0) is 14.7. The minimum atomic E-state index is -0.558. The van der Waals surface area contributed by atoms with Crippen molar-refractivity contribution in [2.75, 3.05) is 0 Å². The van der Waals surface area contributed by atoms with Crippen LogP contribution >= 0.6 is 0 Å². The van der Waals surface area contributed by atoms with Crippen LogP contribution in [0.4, 0.5) is 4.39 Å². The van der Waals surface area contributed by atoms with Crippen molar-refractivity contribution in [3.63, 3.8) is 0 Å². The highest BCUT2D eigenvalue weighted by Crippen LogP contribution is 2.10. The number of fused-ring (bicyclic) bond motifs is 1. The van der Waals surface area contributed by atoms with Gasteiger partial charge in [-0.25, -0.2) is 14.2 Å². The van der Waals surface area contributed by atoms with E-state index >= 15 is 0 Å². The van der Waals surface area contributed by atoms with Crippen molar-refractivity contribution >= 4 is 17.0 Å². The third-order valence-electron chi connectivity index (χ3n) is 2.94. The highest BCUT2D eigenvalue weighted by atomic mass is 19.1. The summed E-state index contributed by atoms with van der Waals surface area (Å²) in [6.07, 6.45) is 1.38. The van der Waals surface area contributed by atoms with E-state index in [1.165, 1.54) is 18.3 Å². The maximum absolute atomic E-state index is 12.8. The molecular weight excluding hydrogens is 271 g/mol. The number of benzene rings is 2. The number of nitrogens with zero attached hydrogens (tertiary/aromatic N) is 2. The normalized spacial score (nSPS) is 10.5. The predicted octanol–water partition coefficient (Wildman–Crippen LogP) is 3.13. The Balaban J connectivity index is 1.73. The molecule has 0 saturated carbocycles. The summed E-state index contributed by atoms with van der Waals surface area (Å²) in [5.41, 5.74) is 2.20. The molecule has 0 aliphatic carbocycles. The molecule has 2 aromatic carbocycles.